The average Bonchev–Trinajstić information content (AvgIpc) is 2.26. The molecule has 0 unspecified atom stereocenters. The zero-order valence-corrected chi connectivity index (χ0v) is 11.6. The van der Waals surface area contributed by atoms with Crippen LogP contribution in [0.2, 0.25) is 0 Å². The average molecular weight is 245 g/mol. The standard InChI is InChI=1S/C13H27NO3/c1-5-12(14-17-13(2,3)4)11-16-10-8-6-7-9-15/h11,14-15H,5-10H2,1-4H3. The molecule has 0 saturated carbocycles. The molecule has 0 spiro atoms. The molecule has 0 atom stereocenters. The summed E-state index contributed by atoms with van der Waals surface area (Å²) >= 11 is 0. The van der Waals surface area contributed by atoms with Crippen LogP contribution in [0.5, 0.6) is 0 Å². The van der Waals surface area contributed by atoms with Crippen LogP contribution in [0, 0.1) is 0 Å². The van der Waals surface area contributed by atoms with Gasteiger partial charge in [0.05, 0.1) is 17.9 Å². The van der Waals surface area contributed by atoms with Crippen molar-refractivity contribution >= 4 is 0 Å². The third-order valence-corrected chi connectivity index (χ3v) is 2.02. The van der Waals surface area contributed by atoms with Gasteiger partial charge in [-0.3, -0.25) is 10.3 Å². The second kappa shape index (κ2) is 9.31. The summed E-state index contributed by atoms with van der Waals surface area (Å²) in [6.45, 7) is 8.95. The second-order valence-electron chi connectivity index (χ2n) is 4.97. The van der Waals surface area contributed by atoms with Crippen LogP contribution in [0.1, 0.15) is 53.4 Å². The molecule has 17 heavy (non-hydrogen) atoms. The van der Waals surface area contributed by atoms with Gasteiger partial charge in [0, 0.05) is 6.61 Å². The minimum Gasteiger partial charge on any atom is -0.499 e. The van der Waals surface area contributed by atoms with Crippen LogP contribution in [0.15, 0.2) is 12.0 Å². The van der Waals surface area contributed by atoms with E-state index in [0.717, 1.165) is 31.4 Å². The van der Waals surface area contributed by atoms with Crippen molar-refractivity contribution in [1.82, 2.24) is 5.48 Å². The third kappa shape index (κ3) is 11.5. The molecular formula is C13H27NO3. The Balaban J connectivity index is 3.70. The number of ether oxygens (including phenoxy) is 1. The number of hydrogen-bond donors (Lipinski definition) is 2. The summed E-state index contributed by atoms with van der Waals surface area (Å²) < 4.78 is 5.41. The smallest absolute Gasteiger partial charge is 0.104 e. The Labute approximate surface area is 105 Å². The topological polar surface area (TPSA) is 50.7 Å². The van der Waals surface area contributed by atoms with Gasteiger partial charge < -0.3 is 9.84 Å². The van der Waals surface area contributed by atoms with Crippen molar-refractivity contribution in [2.24, 2.45) is 0 Å². The zero-order valence-electron chi connectivity index (χ0n) is 11.6. The van der Waals surface area contributed by atoms with Crippen molar-refractivity contribution in [3.63, 3.8) is 0 Å². The van der Waals surface area contributed by atoms with E-state index in [0.29, 0.717) is 6.61 Å². The molecular weight excluding hydrogens is 218 g/mol. The molecule has 0 aliphatic rings. The Morgan fingerprint density at radius 1 is 1.24 bits per heavy atom. The lowest BCUT2D eigenvalue weighted by atomic mass is 10.2. The molecule has 0 aromatic carbocycles. The number of rotatable bonds is 9. The van der Waals surface area contributed by atoms with Crippen LogP contribution in [0.3, 0.4) is 0 Å². The fourth-order valence-corrected chi connectivity index (χ4v) is 1.03. The van der Waals surface area contributed by atoms with E-state index in [1.165, 1.54) is 0 Å². The van der Waals surface area contributed by atoms with Crippen LogP contribution in [0.4, 0.5) is 0 Å². The fourth-order valence-electron chi connectivity index (χ4n) is 1.03. The summed E-state index contributed by atoms with van der Waals surface area (Å²) in [6, 6.07) is 0. The van der Waals surface area contributed by atoms with Gasteiger partial charge in [-0.25, -0.2) is 0 Å². The van der Waals surface area contributed by atoms with Crippen LogP contribution >= 0.6 is 0 Å². The summed E-state index contributed by atoms with van der Waals surface area (Å²) in [5.74, 6) is 0. The minimum absolute atomic E-state index is 0.213. The zero-order chi connectivity index (χ0) is 13.1. The number of hydrogen-bond acceptors (Lipinski definition) is 4. The van der Waals surface area contributed by atoms with Gasteiger partial charge in [-0.05, 0) is 46.5 Å². The van der Waals surface area contributed by atoms with E-state index < -0.39 is 0 Å². The van der Waals surface area contributed by atoms with Gasteiger partial charge >= 0.3 is 0 Å². The molecule has 0 aliphatic heterocycles. The van der Waals surface area contributed by atoms with E-state index >= 15 is 0 Å². The van der Waals surface area contributed by atoms with Crippen molar-refractivity contribution in [1.29, 1.82) is 0 Å². The van der Waals surface area contributed by atoms with Crippen molar-refractivity contribution < 1.29 is 14.7 Å². The maximum atomic E-state index is 8.62. The highest BCUT2D eigenvalue weighted by molar-refractivity contribution is 4.91. The lowest BCUT2D eigenvalue weighted by Gasteiger charge is -2.20. The number of hydroxylamine groups is 1. The predicted octanol–water partition coefficient (Wildman–Crippen LogP) is 2.74. The fraction of sp³-hybridized carbons (Fsp3) is 0.846. The van der Waals surface area contributed by atoms with Gasteiger partial charge in [-0.2, -0.15) is 0 Å². The molecule has 0 aliphatic carbocycles. The highest BCUT2D eigenvalue weighted by atomic mass is 16.7. The van der Waals surface area contributed by atoms with E-state index in [1.54, 1.807) is 6.26 Å². The number of aliphatic hydroxyl groups is 1. The molecule has 102 valence electrons. The normalized spacial score (nSPS) is 12.6. The largest absolute Gasteiger partial charge is 0.499 e. The SMILES string of the molecule is CCC(=COCCCCCO)NOC(C)(C)C. The van der Waals surface area contributed by atoms with Crippen LogP contribution in [0.25, 0.3) is 0 Å². The van der Waals surface area contributed by atoms with Gasteiger partial charge in [0.2, 0.25) is 0 Å². The highest BCUT2D eigenvalue weighted by Crippen LogP contribution is 2.07. The van der Waals surface area contributed by atoms with E-state index in [9.17, 15) is 0 Å². The predicted molar refractivity (Wildman–Crippen MR) is 69.2 cm³/mol. The first kappa shape index (κ1) is 16.3. The van der Waals surface area contributed by atoms with Crippen molar-refractivity contribution in [3.05, 3.63) is 12.0 Å². The maximum absolute atomic E-state index is 8.62. The van der Waals surface area contributed by atoms with E-state index in [-0.39, 0.29) is 12.2 Å². The second-order valence-corrected chi connectivity index (χ2v) is 4.97. The first-order valence-corrected chi connectivity index (χ1v) is 6.35. The minimum atomic E-state index is -0.213. The molecule has 0 aromatic rings. The molecule has 4 heteroatoms. The molecule has 0 bridgehead atoms. The van der Waals surface area contributed by atoms with Gasteiger partial charge in [-0.15, -0.1) is 0 Å². The summed E-state index contributed by atoms with van der Waals surface area (Å²) in [5.41, 5.74) is 3.63. The molecule has 0 fully saturated rings. The van der Waals surface area contributed by atoms with Crippen LogP contribution < -0.4 is 5.48 Å². The Morgan fingerprint density at radius 2 is 1.94 bits per heavy atom. The Bertz CT molecular complexity index is 209. The quantitative estimate of drug-likeness (QED) is 0.372. The maximum Gasteiger partial charge on any atom is 0.104 e. The lowest BCUT2D eigenvalue weighted by Crippen LogP contribution is -2.28. The molecule has 0 heterocycles. The van der Waals surface area contributed by atoms with Gasteiger partial charge in [-0.1, -0.05) is 6.92 Å². The Hall–Kier alpha value is -0.740. The number of aliphatic hydroxyl groups excluding tert-OH is 1. The molecule has 4 nitrogen and oxygen atoms in total. The summed E-state index contributed by atoms with van der Waals surface area (Å²) in [5, 5.41) is 8.62. The van der Waals surface area contributed by atoms with E-state index in [1.807, 2.05) is 27.7 Å². The molecule has 0 radical (unpaired) electrons. The molecule has 0 aromatic heterocycles. The molecule has 0 rings (SSSR count). The van der Waals surface area contributed by atoms with Gasteiger partial charge in [0.25, 0.3) is 0 Å². The number of nitrogens with one attached hydrogen (secondary N) is 1. The summed E-state index contributed by atoms with van der Waals surface area (Å²) in [4.78, 5) is 5.45. The molecule has 0 saturated heterocycles. The Morgan fingerprint density at radius 3 is 2.47 bits per heavy atom. The van der Waals surface area contributed by atoms with Gasteiger partial charge in [0.15, 0.2) is 0 Å². The molecule has 2 N–H and O–H groups in total. The third-order valence-electron chi connectivity index (χ3n) is 2.02. The van der Waals surface area contributed by atoms with Crippen LogP contribution in [-0.2, 0) is 9.57 Å². The van der Waals surface area contributed by atoms with E-state index in [4.69, 9.17) is 14.7 Å². The van der Waals surface area contributed by atoms with Crippen molar-refractivity contribution in [2.75, 3.05) is 13.2 Å². The molecule has 0 amide bonds. The first-order valence-electron chi connectivity index (χ1n) is 6.35. The number of unbranched alkanes of at least 4 members (excludes halogenated alkanes) is 2. The van der Waals surface area contributed by atoms with Crippen LogP contribution in [-0.4, -0.2) is 23.9 Å². The lowest BCUT2D eigenvalue weighted by molar-refractivity contribution is -0.0601. The number of allylic oxidation sites excluding steroid dienone is 1. The van der Waals surface area contributed by atoms with Crippen molar-refractivity contribution in [3.8, 4) is 0 Å². The monoisotopic (exact) mass is 245 g/mol. The van der Waals surface area contributed by atoms with Gasteiger partial charge in [0.1, 0.15) is 6.26 Å². The summed E-state index contributed by atoms with van der Waals surface area (Å²) in [7, 11) is 0. The van der Waals surface area contributed by atoms with E-state index in [2.05, 4.69) is 5.48 Å². The summed E-state index contributed by atoms with van der Waals surface area (Å²) in [6.07, 6.45) is 5.36. The Kier molecular flexibility index (Phi) is 8.90. The van der Waals surface area contributed by atoms with Crippen molar-refractivity contribution in [2.45, 2.75) is 59.0 Å². The highest BCUT2D eigenvalue weighted by Gasteiger charge is 2.10. The first-order chi connectivity index (χ1) is 7.99.